The van der Waals surface area contributed by atoms with Crippen molar-refractivity contribution in [3.8, 4) is 0 Å². The maximum Gasteiger partial charge on any atom is 0.216 e. The molecule has 1 aromatic rings. The molecule has 0 saturated carbocycles. The zero-order valence-electron chi connectivity index (χ0n) is 8.70. The first-order valence-corrected chi connectivity index (χ1v) is 6.37. The lowest BCUT2D eigenvalue weighted by atomic mass is 10.0. The van der Waals surface area contributed by atoms with Gasteiger partial charge < -0.3 is 11.1 Å². The van der Waals surface area contributed by atoms with Crippen molar-refractivity contribution >= 4 is 17.7 Å². The van der Waals surface area contributed by atoms with Gasteiger partial charge in [-0.25, -0.2) is 5.10 Å². The highest BCUT2D eigenvalue weighted by atomic mass is 32.2. The van der Waals surface area contributed by atoms with E-state index >= 15 is 0 Å². The van der Waals surface area contributed by atoms with Crippen molar-refractivity contribution in [2.75, 3.05) is 18.0 Å². The summed E-state index contributed by atoms with van der Waals surface area (Å²) in [7, 11) is 0. The Morgan fingerprint density at radius 2 is 2.40 bits per heavy atom. The molecule has 5 nitrogen and oxygen atoms in total. The first-order valence-electron chi connectivity index (χ1n) is 5.38. The highest BCUT2D eigenvalue weighted by molar-refractivity contribution is 7.99. The van der Waals surface area contributed by atoms with Crippen LogP contribution in [0.2, 0.25) is 0 Å². The summed E-state index contributed by atoms with van der Waals surface area (Å²) in [4.78, 5) is 4.05. The molecule has 1 aromatic heterocycles. The molecule has 6 heteroatoms. The standard InChI is InChI=1S/C9H17N5S/c10-8-12-9(14-13-8)15-6-4-7-3-1-2-5-11-7/h7,11H,1-6H2,(H3,10,12,13,14). The summed E-state index contributed by atoms with van der Waals surface area (Å²) >= 11 is 1.66. The van der Waals surface area contributed by atoms with E-state index in [-0.39, 0.29) is 0 Å². The maximum atomic E-state index is 5.44. The molecule has 0 aromatic carbocycles. The molecule has 0 bridgehead atoms. The van der Waals surface area contributed by atoms with Crippen molar-refractivity contribution in [1.82, 2.24) is 20.5 Å². The molecule has 0 aliphatic carbocycles. The van der Waals surface area contributed by atoms with Crippen molar-refractivity contribution in [1.29, 1.82) is 0 Å². The molecule has 1 aliphatic rings. The first-order chi connectivity index (χ1) is 7.34. The normalized spacial score (nSPS) is 21.7. The van der Waals surface area contributed by atoms with Crippen molar-refractivity contribution in [3.63, 3.8) is 0 Å². The smallest absolute Gasteiger partial charge is 0.216 e. The van der Waals surface area contributed by atoms with E-state index in [1.54, 1.807) is 11.8 Å². The number of nitrogens with one attached hydrogen (secondary N) is 2. The number of anilines is 1. The number of aromatic nitrogens is 3. The minimum Gasteiger partial charge on any atom is -0.368 e. The third-order valence-electron chi connectivity index (χ3n) is 2.59. The molecule has 15 heavy (non-hydrogen) atoms. The van der Waals surface area contributed by atoms with E-state index in [9.17, 15) is 0 Å². The summed E-state index contributed by atoms with van der Waals surface area (Å²) in [6, 6.07) is 0.683. The Hall–Kier alpha value is -0.750. The van der Waals surface area contributed by atoms with Gasteiger partial charge >= 0.3 is 0 Å². The van der Waals surface area contributed by atoms with Crippen LogP contribution in [0.1, 0.15) is 25.7 Å². The fraction of sp³-hybridized carbons (Fsp3) is 0.778. The molecule has 1 saturated heterocycles. The van der Waals surface area contributed by atoms with Crippen LogP contribution in [-0.2, 0) is 0 Å². The molecule has 1 unspecified atom stereocenters. The molecule has 4 N–H and O–H groups in total. The lowest BCUT2D eigenvalue weighted by molar-refractivity contribution is 0.394. The van der Waals surface area contributed by atoms with Gasteiger partial charge in [0.15, 0.2) is 0 Å². The summed E-state index contributed by atoms with van der Waals surface area (Å²) in [5.74, 6) is 1.45. The zero-order chi connectivity index (χ0) is 10.5. The van der Waals surface area contributed by atoms with Gasteiger partial charge in [-0.1, -0.05) is 18.2 Å². The number of nitrogens with zero attached hydrogens (tertiary/aromatic N) is 2. The molecule has 0 radical (unpaired) electrons. The molecule has 1 aliphatic heterocycles. The van der Waals surface area contributed by atoms with Gasteiger partial charge in [-0.3, -0.25) is 0 Å². The highest BCUT2D eigenvalue weighted by Crippen LogP contribution is 2.17. The van der Waals surface area contributed by atoms with Gasteiger partial charge in [0.2, 0.25) is 11.1 Å². The van der Waals surface area contributed by atoms with Crippen LogP contribution in [0.4, 0.5) is 5.95 Å². The van der Waals surface area contributed by atoms with Crippen molar-refractivity contribution < 1.29 is 0 Å². The van der Waals surface area contributed by atoms with E-state index in [1.807, 2.05) is 0 Å². The van der Waals surface area contributed by atoms with Crippen LogP contribution in [0, 0.1) is 0 Å². The fourth-order valence-corrected chi connectivity index (χ4v) is 2.64. The largest absolute Gasteiger partial charge is 0.368 e. The molecular formula is C9H17N5S. The monoisotopic (exact) mass is 227 g/mol. The summed E-state index contributed by atoms with van der Waals surface area (Å²) in [6.07, 6.45) is 5.16. The minimum absolute atomic E-state index is 0.397. The topological polar surface area (TPSA) is 79.6 Å². The van der Waals surface area contributed by atoms with Crippen LogP contribution in [0.15, 0.2) is 5.16 Å². The number of nitrogen functional groups attached to an aromatic ring is 1. The maximum absolute atomic E-state index is 5.44. The predicted molar refractivity (Wildman–Crippen MR) is 61.8 cm³/mol. The molecule has 2 rings (SSSR count). The lowest BCUT2D eigenvalue weighted by Gasteiger charge is -2.22. The SMILES string of the molecule is Nc1nc(SCCC2CCCCN2)n[nH]1. The Morgan fingerprint density at radius 3 is 3.07 bits per heavy atom. The second-order valence-electron chi connectivity index (χ2n) is 3.79. The molecule has 0 amide bonds. The Balaban J connectivity index is 1.65. The summed E-state index contributed by atoms with van der Waals surface area (Å²) in [6.45, 7) is 1.17. The highest BCUT2D eigenvalue weighted by Gasteiger charge is 2.12. The van der Waals surface area contributed by atoms with Crippen LogP contribution >= 0.6 is 11.8 Å². The number of nitrogens with two attached hydrogens (primary N) is 1. The fourth-order valence-electron chi connectivity index (χ4n) is 1.79. The van der Waals surface area contributed by atoms with E-state index in [4.69, 9.17) is 5.73 Å². The van der Waals surface area contributed by atoms with Crippen LogP contribution in [0.3, 0.4) is 0 Å². The second kappa shape index (κ2) is 5.37. The van der Waals surface area contributed by atoms with Crippen molar-refractivity contribution in [2.24, 2.45) is 0 Å². The van der Waals surface area contributed by atoms with Gasteiger partial charge in [0, 0.05) is 11.8 Å². The number of rotatable bonds is 4. The molecule has 1 atom stereocenters. The average Bonchev–Trinajstić information content (AvgIpc) is 2.66. The zero-order valence-corrected chi connectivity index (χ0v) is 9.52. The van der Waals surface area contributed by atoms with Crippen LogP contribution < -0.4 is 11.1 Å². The molecular weight excluding hydrogens is 210 g/mol. The number of piperidine rings is 1. The average molecular weight is 227 g/mol. The van der Waals surface area contributed by atoms with Crippen molar-refractivity contribution in [3.05, 3.63) is 0 Å². The third-order valence-corrected chi connectivity index (χ3v) is 3.47. The molecule has 0 spiro atoms. The van der Waals surface area contributed by atoms with E-state index in [2.05, 4.69) is 20.5 Å². The van der Waals surface area contributed by atoms with E-state index in [0.29, 0.717) is 12.0 Å². The number of thioether (sulfide) groups is 1. The van der Waals surface area contributed by atoms with Crippen molar-refractivity contribution in [2.45, 2.75) is 36.9 Å². The second-order valence-corrected chi connectivity index (χ2v) is 4.85. The van der Waals surface area contributed by atoms with Gasteiger partial charge in [0.05, 0.1) is 0 Å². The number of hydrogen-bond donors (Lipinski definition) is 3. The number of hydrogen-bond acceptors (Lipinski definition) is 5. The van der Waals surface area contributed by atoms with E-state index in [1.165, 1.54) is 32.2 Å². The summed E-state index contributed by atoms with van der Waals surface area (Å²) < 4.78 is 0. The minimum atomic E-state index is 0.397. The first kappa shape index (κ1) is 10.8. The lowest BCUT2D eigenvalue weighted by Crippen LogP contribution is -2.34. The Kier molecular flexibility index (Phi) is 3.85. The van der Waals surface area contributed by atoms with Crippen LogP contribution in [0.25, 0.3) is 0 Å². The van der Waals surface area contributed by atoms with Gasteiger partial charge in [-0.2, -0.15) is 4.98 Å². The van der Waals surface area contributed by atoms with E-state index in [0.717, 1.165) is 10.9 Å². The molecule has 84 valence electrons. The summed E-state index contributed by atoms with van der Waals surface area (Å²) in [5.41, 5.74) is 5.44. The molecule has 1 fully saturated rings. The quantitative estimate of drug-likeness (QED) is 0.669. The third kappa shape index (κ3) is 3.39. The van der Waals surface area contributed by atoms with Crippen LogP contribution in [-0.4, -0.2) is 33.5 Å². The van der Waals surface area contributed by atoms with Gasteiger partial charge in [0.25, 0.3) is 0 Å². The number of aromatic amines is 1. The van der Waals surface area contributed by atoms with Gasteiger partial charge in [0.1, 0.15) is 0 Å². The van der Waals surface area contributed by atoms with Gasteiger partial charge in [-0.15, -0.1) is 5.10 Å². The number of H-pyrrole nitrogens is 1. The summed E-state index contributed by atoms with van der Waals surface area (Å²) in [5, 5.41) is 10.9. The molecule has 2 heterocycles. The Bertz CT molecular complexity index is 294. The Labute approximate surface area is 93.6 Å². The predicted octanol–water partition coefficient (Wildman–Crippen LogP) is 1.01. The van der Waals surface area contributed by atoms with Crippen LogP contribution in [0.5, 0.6) is 0 Å². The van der Waals surface area contributed by atoms with Gasteiger partial charge in [-0.05, 0) is 25.8 Å². The van der Waals surface area contributed by atoms with E-state index < -0.39 is 0 Å². The Morgan fingerprint density at radius 1 is 1.47 bits per heavy atom.